The summed E-state index contributed by atoms with van der Waals surface area (Å²) in [5.74, 6) is 0.939. The molecule has 3 aromatic heterocycles. The quantitative estimate of drug-likeness (QED) is 0.205. The summed E-state index contributed by atoms with van der Waals surface area (Å²) < 4.78 is 12.0. The predicted octanol–water partition coefficient (Wildman–Crippen LogP) is 5.74. The van der Waals surface area contributed by atoms with Gasteiger partial charge in [-0.05, 0) is 56.7 Å². The zero-order valence-electron chi connectivity index (χ0n) is 24.1. The molecule has 220 valence electrons. The fourth-order valence-electron chi connectivity index (χ4n) is 4.99. The van der Waals surface area contributed by atoms with Gasteiger partial charge in [-0.2, -0.15) is 15.4 Å². The summed E-state index contributed by atoms with van der Waals surface area (Å²) in [5.41, 5.74) is 4.13. The maximum atomic E-state index is 12.5. The van der Waals surface area contributed by atoms with E-state index < -0.39 is 5.60 Å². The number of aldehydes is 1. The topological polar surface area (TPSA) is 151 Å². The van der Waals surface area contributed by atoms with Crippen molar-refractivity contribution in [2.45, 2.75) is 45.3 Å². The number of rotatable bonds is 7. The molecule has 1 aliphatic rings. The van der Waals surface area contributed by atoms with Crippen molar-refractivity contribution >= 4 is 34.9 Å². The molecule has 4 heterocycles. The van der Waals surface area contributed by atoms with Gasteiger partial charge in [0.1, 0.15) is 23.1 Å². The summed E-state index contributed by atoms with van der Waals surface area (Å²) in [7, 11) is 0. The number of hydrogen-bond acceptors (Lipinski definition) is 9. The number of ether oxygens (including phenoxy) is 2. The van der Waals surface area contributed by atoms with Crippen LogP contribution < -0.4 is 10.1 Å². The van der Waals surface area contributed by atoms with Gasteiger partial charge in [-0.25, -0.2) is 14.8 Å². The van der Waals surface area contributed by atoms with Crippen molar-refractivity contribution in [3.8, 4) is 28.3 Å². The minimum absolute atomic E-state index is 0.170. The second-order valence-electron chi connectivity index (χ2n) is 11.4. The van der Waals surface area contributed by atoms with Crippen molar-refractivity contribution in [1.82, 2.24) is 35.3 Å². The SMILES string of the molecule is CC(C)(C)OC(=O)N1CCC(Oc2cc3nc(Nc4cccc(-c5ccc[nH]5)c4)ncc3cc2-c2n[nH]nc2C=O)CC1. The van der Waals surface area contributed by atoms with Crippen LogP contribution in [0.25, 0.3) is 33.4 Å². The Hall–Kier alpha value is -5.26. The lowest BCUT2D eigenvalue weighted by atomic mass is 10.0. The van der Waals surface area contributed by atoms with Crippen molar-refractivity contribution in [2.75, 3.05) is 18.4 Å². The molecule has 0 atom stereocenters. The van der Waals surface area contributed by atoms with Crippen molar-refractivity contribution in [3.05, 3.63) is 66.6 Å². The molecule has 0 bridgehead atoms. The number of likely N-dealkylation sites (tertiary alicyclic amines) is 1. The fourth-order valence-corrected chi connectivity index (χ4v) is 4.99. The number of fused-ring (bicyclic) bond motifs is 1. The maximum Gasteiger partial charge on any atom is 0.410 e. The lowest BCUT2D eigenvalue weighted by molar-refractivity contribution is 0.0127. The van der Waals surface area contributed by atoms with Crippen LogP contribution in [0, 0.1) is 0 Å². The van der Waals surface area contributed by atoms with Gasteiger partial charge in [-0.15, -0.1) is 0 Å². The Morgan fingerprint density at radius 3 is 2.67 bits per heavy atom. The van der Waals surface area contributed by atoms with Crippen LogP contribution in [0.4, 0.5) is 16.4 Å². The first-order chi connectivity index (χ1) is 20.8. The molecule has 1 aliphatic heterocycles. The van der Waals surface area contributed by atoms with E-state index in [9.17, 15) is 9.59 Å². The summed E-state index contributed by atoms with van der Waals surface area (Å²) in [6, 6.07) is 15.6. The van der Waals surface area contributed by atoms with Gasteiger partial charge in [0.25, 0.3) is 0 Å². The first-order valence-electron chi connectivity index (χ1n) is 14.1. The van der Waals surface area contributed by atoms with E-state index in [0.29, 0.717) is 60.7 Å². The number of nitrogens with one attached hydrogen (secondary N) is 3. The van der Waals surface area contributed by atoms with Gasteiger partial charge in [0, 0.05) is 66.7 Å². The number of nitrogens with zero attached hydrogens (tertiary/aromatic N) is 5. The third-order valence-electron chi connectivity index (χ3n) is 7.04. The number of carbonyl (C=O) groups excluding carboxylic acids is 2. The summed E-state index contributed by atoms with van der Waals surface area (Å²) in [4.78, 5) is 38.4. The molecule has 12 heteroatoms. The lowest BCUT2D eigenvalue weighted by Gasteiger charge is -2.33. The van der Waals surface area contributed by atoms with E-state index in [1.54, 1.807) is 11.1 Å². The van der Waals surface area contributed by atoms with E-state index in [1.165, 1.54) is 0 Å². The van der Waals surface area contributed by atoms with Crippen molar-refractivity contribution in [1.29, 1.82) is 0 Å². The van der Waals surface area contributed by atoms with Crippen LogP contribution in [-0.4, -0.2) is 72.4 Å². The third kappa shape index (κ3) is 6.32. The van der Waals surface area contributed by atoms with E-state index in [4.69, 9.17) is 14.5 Å². The van der Waals surface area contributed by atoms with Gasteiger partial charge in [-0.3, -0.25) is 4.79 Å². The van der Waals surface area contributed by atoms with Crippen molar-refractivity contribution in [2.24, 2.45) is 0 Å². The van der Waals surface area contributed by atoms with E-state index >= 15 is 0 Å². The third-order valence-corrected chi connectivity index (χ3v) is 7.04. The number of aromatic amines is 2. The highest BCUT2D eigenvalue weighted by molar-refractivity contribution is 5.92. The van der Waals surface area contributed by atoms with Gasteiger partial charge >= 0.3 is 6.09 Å². The molecule has 0 unspecified atom stereocenters. The van der Waals surface area contributed by atoms with Crippen molar-refractivity contribution < 1.29 is 19.1 Å². The Bertz CT molecular complexity index is 1750. The van der Waals surface area contributed by atoms with E-state index in [1.807, 2.05) is 75.5 Å². The molecule has 2 aromatic carbocycles. The number of hydrogen-bond donors (Lipinski definition) is 3. The molecule has 43 heavy (non-hydrogen) atoms. The van der Waals surface area contributed by atoms with Gasteiger partial charge < -0.3 is 24.7 Å². The highest BCUT2D eigenvalue weighted by Crippen LogP contribution is 2.36. The molecule has 0 saturated carbocycles. The van der Waals surface area contributed by atoms with E-state index in [0.717, 1.165) is 22.3 Å². The average Bonchev–Trinajstić information content (AvgIpc) is 3.69. The number of piperidine rings is 1. The highest BCUT2D eigenvalue weighted by atomic mass is 16.6. The van der Waals surface area contributed by atoms with Crippen LogP contribution in [0.5, 0.6) is 5.75 Å². The molecule has 0 spiro atoms. The molecule has 1 saturated heterocycles. The zero-order chi connectivity index (χ0) is 30.0. The number of aromatic nitrogens is 6. The van der Waals surface area contributed by atoms with Gasteiger partial charge in [0.05, 0.1) is 5.52 Å². The summed E-state index contributed by atoms with van der Waals surface area (Å²) in [5, 5.41) is 14.7. The average molecular weight is 581 g/mol. The molecular formula is C31H32N8O4. The largest absolute Gasteiger partial charge is 0.490 e. The molecular weight excluding hydrogens is 548 g/mol. The minimum Gasteiger partial charge on any atom is -0.490 e. The van der Waals surface area contributed by atoms with Crippen LogP contribution in [0.1, 0.15) is 44.1 Å². The molecule has 12 nitrogen and oxygen atoms in total. The molecule has 5 aromatic rings. The Morgan fingerprint density at radius 1 is 1.09 bits per heavy atom. The zero-order valence-corrected chi connectivity index (χ0v) is 24.1. The monoisotopic (exact) mass is 580 g/mol. The first-order valence-corrected chi connectivity index (χ1v) is 14.1. The standard InChI is InChI=1S/C31H32N8O4/c1-31(2,3)43-30(41)39-12-9-22(10-13-39)42-27-16-25-20(15-23(27)28-26(18-40)36-38-37-28)17-33-29(35-25)34-21-7-4-6-19(14-21)24-8-5-11-32-24/h4-8,11,14-18,22,32H,9-10,12-13H2,1-3H3,(H,33,34,35)(H,36,37,38). The van der Waals surface area contributed by atoms with Gasteiger partial charge in [-0.1, -0.05) is 12.1 Å². The molecule has 0 aliphatic carbocycles. The Balaban J connectivity index is 1.27. The number of benzene rings is 2. The Morgan fingerprint density at radius 2 is 1.93 bits per heavy atom. The lowest BCUT2D eigenvalue weighted by Crippen LogP contribution is -2.44. The predicted molar refractivity (Wildman–Crippen MR) is 161 cm³/mol. The van der Waals surface area contributed by atoms with E-state index in [-0.39, 0.29) is 17.9 Å². The number of anilines is 2. The molecule has 3 N–H and O–H groups in total. The summed E-state index contributed by atoms with van der Waals surface area (Å²) >= 11 is 0. The van der Waals surface area contributed by atoms with Crippen LogP contribution in [-0.2, 0) is 4.74 Å². The number of H-pyrrole nitrogens is 2. The van der Waals surface area contributed by atoms with Crippen LogP contribution in [0.15, 0.2) is 60.9 Å². The maximum absolute atomic E-state index is 12.5. The van der Waals surface area contributed by atoms with Crippen LogP contribution in [0.2, 0.25) is 0 Å². The second kappa shape index (κ2) is 11.6. The molecule has 1 amide bonds. The first kappa shape index (κ1) is 27.9. The van der Waals surface area contributed by atoms with Crippen LogP contribution in [0.3, 0.4) is 0 Å². The Kier molecular flexibility index (Phi) is 7.49. The van der Waals surface area contributed by atoms with Gasteiger partial charge in [0.15, 0.2) is 12.0 Å². The fraction of sp³-hybridized carbons (Fsp3) is 0.290. The normalized spacial score (nSPS) is 14.1. The summed E-state index contributed by atoms with van der Waals surface area (Å²) in [6.45, 7) is 6.56. The second-order valence-corrected chi connectivity index (χ2v) is 11.4. The van der Waals surface area contributed by atoms with Gasteiger partial charge in [0.2, 0.25) is 5.95 Å². The Labute approximate surface area is 247 Å². The molecule has 0 radical (unpaired) electrons. The van der Waals surface area contributed by atoms with Crippen molar-refractivity contribution in [3.63, 3.8) is 0 Å². The molecule has 1 fully saturated rings. The highest BCUT2D eigenvalue weighted by Gasteiger charge is 2.29. The number of carbonyl (C=O) groups is 2. The number of amides is 1. The molecule has 6 rings (SSSR count). The minimum atomic E-state index is -0.557. The summed E-state index contributed by atoms with van der Waals surface area (Å²) in [6.07, 6.45) is 4.98. The smallest absolute Gasteiger partial charge is 0.410 e. The van der Waals surface area contributed by atoms with Crippen LogP contribution >= 0.6 is 0 Å². The van der Waals surface area contributed by atoms with E-state index in [2.05, 4.69) is 30.7 Å².